The van der Waals surface area contributed by atoms with Gasteiger partial charge < -0.3 is 0 Å². The average Bonchev–Trinajstić information content (AvgIpc) is 2.47. The first-order chi connectivity index (χ1) is 10.2. The zero-order chi connectivity index (χ0) is 16.5. The maximum atomic E-state index is 12.9. The molecule has 0 N–H and O–H groups in total. The van der Waals surface area contributed by atoms with Crippen molar-refractivity contribution in [2.24, 2.45) is 0 Å². The lowest BCUT2D eigenvalue weighted by molar-refractivity contribution is 0.324. The van der Waals surface area contributed by atoms with Crippen LogP contribution in [0.5, 0.6) is 0 Å². The number of hydrogen-bond acceptors (Lipinski definition) is 4. The van der Waals surface area contributed by atoms with Gasteiger partial charge in [0.05, 0.1) is 10.1 Å². The van der Waals surface area contributed by atoms with Gasteiger partial charge in [-0.3, -0.25) is 0 Å². The van der Waals surface area contributed by atoms with Crippen LogP contribution in [0.1, 0.15) is 12.8 Å². The van der Waals surface area contributed by atoms with Crippen molar-refractivity contribution in [1.82, 2.24) is 8.61 Å². The Morgan fingerprint density at radius 2 is 1.55 bits per heavy atom. The van der Waals surface area contributed by atoms with E-state index in [0.717, 1.165) is 16.4 Å². The lowest BCUT2D eigenvalue weighted by Crippen LogP contribution is -2.46. The summed E-state index contributed by atoms with van der Waals surface area (Å²) >= 11 is 0. The number of benzene rings is 1. The van der Waals surface area contributed by atoms with Gasteiger partial charge in [-0.05, 0) is 37.1 Å². The summed E-state index contributed by atoms with van der Waals surface area (Å²) in [7, 11) is -4.20. The van der Waals surface area contributed by atoms with E-state index < -0.39 is 31.1 Å². The van der Waals surface area contributed by atoms with Crippen LogP contribution in [0, 0.1) is 5.82 Å². The quantitative estimate of drug-likeness (QED) is 0.755. The van der Waals surface area contributed by atoms with Crippen molar-refractivity contribution in [2.45, 2.75) is 23.0 Å². The molecule has 1 fully saturated rings. The highest BCUT2D eigenvalue weighted by Gasteiger charge is 2.35. The molecule has 0 unspecified atom stereocenters. The van der Waals surface area contributed by atoms with E-state index in [4.69, 9.17) is 0 Å². The first-order valence-electron chi connectivity index (χ1n) is 6.83. The van der Waals surface area contributed by atoms with Crippen molar-refractivity contribution in [3.05, 3.63) is 30.1 Å². The molecule has 2 rings (SSSR count). The Bertz CT molecular complexity index is 722. The Balaban J connectivity index is 2.13. The maximum Gasteiger partial charge on any atom is 0.281 e. The number of sulfone groups is 1. The second-order valence-electron chi connectivity index (χ2n) is 5.39. The summed E-state index contributed by atoms with van der Waals surface area (Å²) in [6.45, 7) is 0.317. The molecular formula is C13H19FN2O4S2. The SMILES string of the molecule is CN(C)S(=O)(=O)N1CCC(S(=O)(=O)c2ccc(F)cc2)CC1. The molecule has 0 spiro atoms. The minimum absolute atomic E-state index is 0.0721. The highest BCUT2D eigenvalue weighted by atomic mass is 32.2. The Kier molecular flexibility index (Phi) is 4.90. The molecule has 1 aliphatic heterocycles. The number of piperidine rings is 1. The predicted molar refractivity (Wildman–Crippen MR) is 80.8 cm³/mol. The Morgan fingerprint density at radius 3 is 2.00 bits per heavy atom. The summed E-state index contributed by atoms with van der Waals surface area (Å²) in [6.07, 6.45) is 0.458. The average molecular weight is 350 g/mol. The van der Waals surface area contributed by atoms with Crippen molar-refractivity contribution in [2.75, 3.05) is 27.2 Å². The van der Waals surface area contributed by atoms with E-state index in [0.29, 0.717) is 0 Å². The number of rotatable bonds is 4. The third kappa shape index (κ3) is 3.32. The van der Waals surface area contributed by atoms with Crippen molar-refractivity contribution >= 4 is 20.0 Å². The van der Waals surface area contributed by atoms with Crippen LogP contribution in [0.4, 0.5) is 4.39 Å². The van der Waals surface area contributed by atoms with E-state index in [9.17, 15) is 21.2 Å². The molecule has 0 radical (unpaired) electrons. The minimum Gasteiger partial charge on any atom is -0.223 e. The standard InChI is InChI=1S/C13H19FN2O4S2/c1-15(2)22(19,20)16-9-7-13(8-10-16)21(17,18)12-5-3-11(14)4-6-12/h3-6,13H,7-10H2,1-2H3. The molecule has 0 amide bonds. The van der Waals surface area contributed by atoms with Gasteiger partial charge in [0, 0.05) is 27.2 Å². The molecule has 6 nitrogen and oxygen atoms in total. The molecule has 1 heterocycles. The summed E-state index contributed by atoms with van der Waals surface area (Å²) in [5.74, 6) is -0.495. The van der Waals surface area contributed by atoms with Crippen molar-refractivity contribution < 1.29 is 21.2 Å². The molecule has 0 aliphatic carbocycles. The van der Waals surface area contributed by atoms with Gasteiger partial charge in [0.2, 0.25) is 0 Å². The Hall–Kier alpha value is -1.03. The Morgan fingerprint density at radius 1 is 1.05 bits per heavy atom. The lowest BCUT2D eigenvalue weighted by Gasteiger charge is -2.32. The van der Waals surface area contributed by atoms with Gasteiger partial charge in [-0.15, -0.1) is 0 Å². The van der Waals surface area contributed by atoms with Crippen LogP contribution >= 0.6 is 0 Å². The van der Waals surface area contributed by atoms with E-state index in [1.165, 1.54) is 30.5 Å². The second kappa shape index (κ2) is 6.23. The lowest BCUT2D eigenvalue weighted by atomic mass is 10.2. The zero-order valence-corrected chi connectivity index (χ0v) is 14.1. The van der Waals surface area contributed by atoms with E-state index in [1.54, 1.807) is 0 Å². The first kappa shape index (κ1) is 17.3. The summed E-state index contributed by atoms with van der Waals surface area (Å²) in [4.78, 5) is 0.0721. The fraction of sp³-hybridized carbons (Fsp3) is 0.538. The molecule has 22 heavy (non-hydrogen) atoms. The molecule has 9 heteroatoms. The summed E-state index contributed by atoms with van der Waals surface area (Å²) < 4.78 is 64.3. The topological polar surface area (TPSA) is 74.8 Å². The molecule has 0 atom stereocenters. The van der Waals surface area contributed by atoms with Crippen LogP contribution in [-0.2, 0) is 20.0 Å². The van der Waals surface area contributed by atoms with Gasteiger partial charge >= 0.3 is 0 Å². The molecule has 1 saturated heterocycles. The summed E-state index contributed by atoms with van der Waals surface area (Å²) in [5, 5.41) is -0.647. The highest BCUT2D eigenvalue weighted by Crippen LogP contribution is 2.26. The van der Waals surface area contributed by atoms with Crippen LogP contribution in [0.3, 0.4) is 0 Å². The zero-order valence-electron chi connectivity index (χ0n) is 12.4. The van der Waals surface area contributed by atoms with Gasteiger partial charge in [0.1, 0.15) is 5.82 Å². The third-order valence-electron chi connectivity index (χ3n) is 3.77. The van der Waals surface area contributed by atoms with Gasteiger partial charge in [0.15, 0.2) is 9.84 Å². The fourth-order valence-corrected chi connectivity index (χ4v) is 5.29. The van der Waals surface area contributed by atoms with Gasteiger partial charge in [-0.25, -0.2) is 12.8 Å². The van der Waals surface area contributed by atoms with Gasteiger partial charge in [-0.2, -0.15) is 17.0 Å². The molecule has 1 aromatic carbocycles. The minimum atomic E-state index is -3.57. The van der Waals surface area contributed by atoms with E-state index >= 15 is 0 Å². The normalized spacial score (nSPS) is 18.7. The van der Waals surface area contributed by atoms with Crippen LogP contribution in [0.15, 0.2) is 29.2 Å². The smallest absolute Gasteiger partial charge is 0.223 e. The highest BCUT2D eigenvalue weighted by molar-refractivity contribution is 7.92. The van der Waals surface area contributed by atoms with Crippen molar-refractivity contribution in [1.29, 1.82) is 0 Å². The maximum absolute atomic E-state index is 12.9. The molecule has 124 valence electrons. The Labute approximate surface area is 130 Å². The predicted octanol–water partition coefficient (Wildman–Crippen LogP) is 0.870. The van der Waals surface area contributed by atoms with Crippen molar-refractivity contribution in [3.63, 3.8) is 0 Å². The summed E-state index contributed by atoms with van der Waals surface area (Å²) in [5.41, 5.74) is 0. The number of hydrogen-bond donors (Lipinski definition) is 0. The van der Waals surface area contributed by atoms with Crippen LogP contribution < -0.4 is 0 Å². The van der Waals surface area contributed by atoms with Crippen molar-refractivity contribution in [3.8, 4) is 0 Å². The molecular weight excluding hydrogens is 331 g/mol. The van der Waals surface area contributed by atoms with Gasteiger partial charge in [0.25, 0.3) is 10.2 Å². The third-order valence-corrected chi connectivity index (χ3v) is 7.99. The van der Waals surface area contributed by atoms with E-state index in [1.807, 2.05) is 0 Å². The molecule has 0 saturated carbocycles. The first-order valence-corrected chi connectivity index (χ1v) is 9.77. The van der Waals surface area contributed by atoms with Crippen LogP contribution in [0.2, 0.25) is 0 Å². The molecule has 1 aromatic rings. The monoisotopic (exact) mass is 350 g/mol. The van der Waals surface area contributed by atoms with Crippen LogP contribution in [0.25, 0.3) is 0 Å². The van der Waals surface area contributed by atoms with Gasteiger partial charge in [-0.1, -0.05) is 0 Å². The molecule has 0 aromatic heterocycles. The second-order valence-corrected chi connectivity index (χ2v) is 9.76. The van der Waals surface area contributed by atoms with E-state index in [-0.39, 0.29) is 30.8 Å². The number of nitrogens with zero attached hydrogens (tertiary/aromatic N) is 2. The number of halogens is 1. The largest absolute Gasteiger partial charge is 0.281 e. The molecule has 1 aliphatic rings. The fourth-order valence-electron chi connectivity index (χ4n) is 2.42. The van der Waals surface area contributed by atoms with Crippen LogP contribution in [-0.4, -0.2) is 57.9 Å². The summed E-state index contributed by atoms with van der Waals surface area (Å²) in [6, 6.07) is 4.71. The molecule has 0 bridgehead atoms. The van der Waals surface area contributed by atoms with E-state index in [2.05, 4.69) is 0 Å².